The Bertz CT molecular complexity index is 1180. The molecule has 0 bridgehead atoms. The summed E-state index contributed by atoms with van der Waals surface area (Å²) in [5.41, 5.74) is 5.75. The van der Waals surface area contributed by atoms with Gasteiger partial charge in [0.05, 0.1) is 11.3 Å². The smallest absolute Gasteiger partial charge is 0.282 e. The molecule has 0 spiro atoms. The summed E-state index contributed by atoms with van der Waals surface area (Å²) in [4.78, 5) is 28.1. The minimum Gasteiger partial charge on any atom is -0.350 e. The fourth-order valence-electron chi connectivity index (χ4n) is 3.60. The van der Waals surface area contributed by atoms with Crippen molar-refractivity contribution < 1.29 is 9.59 Å². The number of amides is 2. The number of imide groups is 1. The van der Waals surface area contributed by atoms with Gasteiger partial charge in [-0.05, 0) is 68.3 Å². The molecule has 0 aromatic heterocycles. The largest absolute Gasteiger partial charge is 0.350 e. The summed E-state index contributed by atoms with van der Waals surface area (Å²) in [5.74, 6) is -0.748. The molecule has 0 saturated carbocycles. The van der Waals surface area contributed by atoms with Crippen molar-refractivity contribution in [2.45, 2.75) is 20.8 Å². The first-order valence-corrected chi connectivity index (χ1v) is 10.0. The summed E-state index contributed by atoms with van der Waals surface area (Å²) < 4.78 is 0. The van der Waals surface area contributed by atoms with Gasteiger partial charge in [0.1, 0.15) is 5.70 Å². The van der Waals surface area contributed by atoms with Crippen LogP contribution in [0.2, 0.25) is 5.02 Å². The highest BCUT2D eigenvalue weighted by Crippen LogP contribution is 2.35. The predicted octanol–water partition coefficient (Wildman–Crippen LogP) is 5.66. The van der Waals surface area contributed by atoms with E-state index in [4.69, 9.17) is 11.6 Å². The van der Waals surface area contributed by atoms with Crippen LogP contribution >= 0.6 is 11.6 Å². The third kappa shape index (κ3) is 3.62. The fourth-order valence-corrected chi connectivity index (χ4v) is 3.72. The maximum atomic E-state index is 13.5. The Kier molecular flexibility index (Phi) is 5.18. The van der Waals surface area contributed by atoms with Crippen LogP contribution in [0.4, 0.5) is 11.4 Å². The average Bonchev–Trinajstić information content (AvgIpc) is 2.95. The Balaban J connectivity index is 1.84. The van der Waals surface area contributed by atoms with Gasteiger partial charge in [0.2, 0.25) is 0 Å². The van der Waals surface area contributed by atoms with Crippen LogP contribution in [0.5, 0.6) is 0 Å². The maximum Gasteiger partial charge on any atom is 0.282 e. The first-order valence-electron chi connectivity index (χ1n) is 9.65. The molecule has 0 radical (unpaired) electrons. The van der Waals surface area contributed by atoms with Crippen molar-refractivity contribution in [2.24, 2.45) is 0 Å². The van der Waals surface area contributed by atoms with Crippen LogP contribution in [-0.2, 0) is 9.59 Å². The minimum absolute atomic E-state index is 0.269. The van der Waals surface area contributed by atoms with Gasteiger partial charge in [0.25, 0.3) is 11.8 Å². The van der Waals surface area contributed by atoms with Crippen molar-refractivity contribution in [3.63, 3.8) is 0 Å². The van der Waals surface area contributed by atoms with Gasteiger partial charge in [-0.1, -0.05) is 53.1 Å². The molecule has 1 aliphatic heterocycles. The van der Waals surface area contributed by atoms with Crippen molar-refractivity contribution >= 4 is 40.4 Å². The minimum atomic E-state index is -0.391. The Labute approximate surface area is 180 Å². The van der Waals surface area contributed by atoms with Gasteiger partial charge < -0.3 is 5.32 Å². The number of hydrogen-bond acceptors (Lipinski definition) is 3. The van der Waals surface area contributed by atoms with Gasteiger partial charge in [0.15, 0.2) is 0 Å². The third-order valence-electron chi connectivity index (χ3n) is 5.14. The summed E-state index contributed by atoms with van der Waals surface area (Å²) in [6.45, 7) is 5.94. The van der Waals surface area contributed by atoms with Crippen LogP contribution in [-0.4, -0.2) is 11.8 Å². The standard InChI is InChI=1S/C25H21ClN2O2/c1-15-4-9-19(10-5-15)27-23-22(21-13-6-16(2)14-17(21)3)24(29)28(25(23)30)20-11-7-18(26)8-12-20/h4-14,27H,1-3H3. The first kappa shape index (κ1) is 19.9. The Hall–Kier alpha value is -3.37. The molecule has 0 atom stereocenters. The molecule has 4 nitrogen and oxygen atoms in total. The van der Waals surface area contributed by atoms with E-state index in [1.807, 2.05) is 63.2 Å². The zero-order valence-electron chi connectivity index (χ0n) is 17.0. The van der Waals surface area contributed by atoms with Gasteiger partial charge in [-0.25, -0.2) is 4.90 Å². The monoisotopic (exact) mass is 416 g/mol. The topological polar surface area (TPSA) is 49.4 Å². The van der Waals surface area contributed by atoms with Gasteiger partial charge in [-0.3, -0.25) is 9.59 Å². The van der Waals surface area contributed by atoms with Gasteiger partial charge in [-0.2, -0.15) is 0 Å². The number of aryl methyl sites for hydroxylation is 3. The quantitative estimate of drug-likeness (QED) is 0.558. The van der Waals surface area contributed by atoms with Crippen molar-refractivity contribution in [3.8, 4) is 0 Å². The molecule has 3 aromatic rings. The van der Waals surface area contributed by atoms with Crippen molar-refractivity contribution in [2.75, 3.05) is 10.2 Å². The number of anilines is 2. The van der Waals surface area contributed by atoms with Gasteiger partial charge in [0, 0.05) is 10.7 Å². The lowest BCUT2D eigenvalue weighted by molar-refractivity contribution is -0.120. The predicted molar refractivity (Wildman–Crippen MR) is 122 cm³/mol. The van der Waals surface area contributed by atoms with E-state index in [-0.39, 0.29) is 11.6 Å². The normalized spacial score (nSPS) is 13.9. The van der Waals surface area contributed by atoms with Gasteiger partial charge >= 0.3 is 0 Å². The zero-order chi connectivity index (χ0) is 21.4. The number of nitrogens with zero attached hydrogens (tertiary/aromatic N) is 1. The van der Waals surface area contributed by atoms with Crippen LogP contribution in [0.1, 0.15) is 22.3 Å². The highest BCUT2D eigenvalue weighted by atomic mass is 35.5. The lowest BCUT2D eigenvalue weighted by Gasteiger charge is -2.15. The SMILES string of the molecule is Cc1ccc(NC2=C(c3ccc(C)cc3C)C(=O)N(c3ccc(Cl)cc3)C2=O)cc1. The van der Waals surface area contributed by atoms with Crippen molar-refractivity contribution in [3.05, 3.63) is 99.7 Å². The van der Waals surface area contributed by atoms with Crippen LogP contribution < -0.4 is 10.2 Å². The lowest BCUT2D eigenvalue weighted by Crippen LogP contribution is -2.32. The summed E-state index contributed by atoms with van der Waals surface area (Å²) >= 11 is 5.99. The van der Waals surface area contributed by atoms with Gasteiger partial charge in [-0.15, -0.1) is 0 Å². The molecule has 1 N–H and O–H groups in total. The van der Waals surface area contributed by atoms with Crippen molar-refractivity contribution in [1.29, 1.82) is 0 Å². The highest BCUT2D eigenvalue weighted by molar-refractivity contribution is 6.46. The molecule has 150 valence electrons. The fraction of sp³-hybridized carbons (Fsp3) is 0.120. The van der Waals surface area contributed by atoms with E-state index in [0.717, 1.165) is 27.9 Å². The second-order valence-corrected chi connectivity index (χ2v) is 7.92. The number of carbonyl (C=O) groups is 2. The molecule has 0 unspecified atom stereocenters. The molecule has 3 aromatic carbocycles. The Morgan fingerprint density at radius 3 is 2.03 bits per heavy atom. The molecular formula is C25H21ClN2O2. The molecule has 4 rings (SSSR count). The summed E-state index contributed by atoms with van der Waals surface area (Å²) in [6.07, 6.45) is 0. The molecule has 0 fully saturated rings. The molecule has 2 amide bonds. The van der Waals surface area contributed by atoms with E-state index in [0.29, 0.717) is 16.3 Å². The Morgan fingerprint density at radius 1 is 0.767 bits per heavy atom. The zero-order valence-corrected chi connectivity index (χ0v) is 17.7. The van der Waals surface area contributed by atoms with E-state index >= 15 is 0 Å². The van der Waals surface area contributed by atoms with Crippen LogP contribution in [0, 0.1) is 20.8 Å². The first-order chi connectivity index (χ1) is 14.3. The van der Waals surface area contributed by atoms with Crippen LogP contribution in [0.3, 0.4) is 0 Å². The van der Waals surface area contributed by atoms with Crippen molar-refractivity contribution in [1.82, 2.24) is 0 Å². The number of carbonyl (C=O) groups excluding carboxylic acids is 2. The number of hydrogen-bond donors (Lipinski definition) is 1. The van der Waals surface area contributed by atoms with Crippen LogP contribution in [0.15, 0.2) is 72.4 Å². The maximum absolute atomic E-state index is 13.5. The third-order valence-corrected chi connectivity index (χ3v) is 5.39. The molecular weight excluding hydrogens is 396 g/mol. The molecule has 0 aliphatic carbocycles. The lowest BCUT2D eigenvalue weighted by atomic mass is 9.97. The molecule has 0 saturated heterocycles. The number of nitrogens with one attached hydrogen (secondary N) is 1. The highest BCUT2D eigenvalue weighted by Gasteiger charge is 2.40. The number of rotatable bonds is 4. The van der Waals surface area contributed by atoms with Crippen LogP contribution in [0.25, 0.3) is 5.57 Å². The molecule has 30 heavy (non-hydrogen) atoms. The van der Waals surface area contributed by atoms with E-state index in [1.165, 1.54) is 4.90 Å². The van der Waals surface area contributed by atoms with E-state index in [2.05, 4.69) is 5.32 Å². The van der Waals surface area contributed by atoms with E-state index < -0.39 is 5.91 Å². The summed E-state index contributed by atoms with van der Waals surface area (Å²) in [7, 11) is 0. The summed E-state index contributed by atoms with van der Waals surface area (Å²) in [6, 6.07) is 20.2. The Morgan fingerprint density at radius 2 is 1.40 bits per heavy atom. The molecule has 1 heterocycles. The average molecular weight is 417 g/mol. The second kappa shape index (κ2) is 7.81. The molecule has 5 heteroatoms. The van der Waals surface area contributed by atoms with E-state index in [1.54, 1.807) is 24.3 Å². The number of benzene rings is 3. The number of halogens is 1. The second-order valence-electron chi connectivity index (χ2n) is 7.48. The van der Waals surface area contributed by atoms with E-state index in [9.17, 15) is 9.59 Å². The summed E-state index contributed by atoms with van der Waals surface area (Å²) in [5, 5.41) is 3.73. The molecule has 1 aliphatic rings.